The maximum atomic E-state index is 13.2. The molecule has 0 unspecified atom stereocenters. The molecule has 3 heterocycles. The normalized spacial score (nSPS) is 11.8. The van der Waals surface area contributed by atoms with E-state index in [2.05, 4.69) is 30.6 Å². The van der Waals surface area contributed by atoms with Gasteiger partial charge in [0.2, 0.25) is 5.91 Å². The fraction of sp³-hybridized carbons (Fsp3) is 0.179. The van der Waals surface area contributed by atoms with Crippen molar-refractivity contribution < 1.29 is 9.59 Å². The van der Waals surface area contributed by atoms with Crippen LogP contribution in [-0.2, 0) is 11.3 Å². The van der Waals surface area contributed by atoms with E-state index in [9.17, 15) is 9.59 Å². The lowest BCUT2D eigenvalue weighted by Crippen LogP contribution is -2.48. The Bertz CT molecular complexity index is 1490. The third-order valence-electron chi connectivity index (χ3n) is 5.93. The molecule has 10 heteroatoms. The van der Waals surface area contributed by atoms with Gasteiger partial charge in [-0.25, -0.2) is 9.97 Å². The molecule has 5 aromatic rings. The molecule has 0 saturated carbocycles. The summed E-state index contributed by atoms with van der Waals surface area (Å²) < 4.78 is 1.96. The van der Waals surface area contributed by atoms with Gasteiger partial charge in [-0.2, -0.15) is 0 Å². The van der Waals surface area contributed by atoms with E-state index in [0.29, 0.717) is 23.7 Å². The van der Waals surface area contributed by atoms with Crippen molar-refractivity contribution >= 4 is 34.6 Å². The number of fused-ring (bicyclic) bond motifs is 1. The number of aromatic nitrogens is 5. The van der Waals surface area contributed by atoms with E-state index in [-0.39, 0.29) is 11.8 Å². The molecular weight excluding hydrogens is 498 g/mol. The van der Waals surface area contributed by atoms with Crippen LogP contribution in [0.15, 0.2) is 96.7 Å². The topological polar surface area (TPSA) is 118 Å². The predicted molar refractivity (Wildman–Crippen MR) is 148 cm³/mol. The summed E-state index contributed by atoms with van der Waals surface area (Å²) in [4.78, 5) is 43.3. The number of nitrogens with one attached hydrogen (secondary N) is 3. The van der Waals surface area contributed by atoms with Crippen LogP contribution in [0.2, 0.25) is 0 Å². The Labute approximate surface area is 224 Å². The van der Waals surface area contributed by atoms with Crippen LogP contribution < -0.4 is 10.6 Å². The summed E-state index contributed by atoms with van der Waals surface area (Å²) in [6.07, 6.45) is 9.53. The number of pyridine rings is 1. The number of aryl methyl sites for hydroxylation is 1. The van der Waals surface area contributed by atoms with Crippen molar-refractivity contribution in [3.05, 3.63) is 97.3 Å². The van der Waals surface area contributed by atoms with Crippen molar-refractivity contribution in [2.75, 3.05) is 12.3 Å². The van der Waals surface area contributed by atoms with Gasteiger partial charge in [-0.05, 0) is 48.9 Å². The quantitative estimate of drug-likeness (QED) is 0.178. The molecular formula is C28H27N7O2S. The fourth-order valence-corrected chi connectivity index (χ4v) is 4.88. The number of imidazole rings is 2. The molecule has 2 amide bonds. The third kappa shape index (κ3) is 6.46. The third-order valence-corrected chi connectivity index (χ3v) is 7.04. The van der Waals surface area contributed by atoms with Crippen LogP contribution in [-0.4, -0.2) is 54.7 Å². The number of benzene rings is 2. The van der Waals surface area contributed by atoms with Crippen LogP contribution in [0.1, 0.15) is 16.8 Å². The first kappa shape index (κ1) is 25.2. The molecule has 0 aliphatic heterocycles. The molecule has 3 N–H and O–H groups in total. The highest BCUT2D eigenvalue weighted by atomic mass is 32.2. The number of thioether (sulfide) groups is 1. The molecule has 1 atom stereocenters. The summed E-state index contributed by atoms with van der Waals surface area (Å²) in [7, 11) is 0. The molecule has 5 rings (SSSR count). The number of aromatic amines is 1. The number of carbonyl (C=O) groups is 2. The van der Waals surface area contributed by atoms with Crippen LogP contribution >= 0.6 is 11.8 Å². The van der Waals surface area contributed by atoms with Crippen LogP contribution in [0, 0.1) is 0 Å². The van der Waals surface area contributed by atoms with E-state index < -0.39 is 6.04 Å². The molecule has 0 spiro atoms. The summed E-state index contributed by atoms with van der Waals surface area (Å²) in [6.45, 7) is 1.25. The molecule has 3 aromatic heterocycles. The maximum Gasteiger partial charge on any atom is 0.252 e. The summed E-state index contributed by atoms with van der Waals surface area (Å²) in [5.41, 5.74) is 2.85. The average molecular weight is 526 g/mol. The molecule has 0 aliphatic carbocycles. The molecule has 192 valence electrons. The van der Waals surface area contributed by atoms with Crippen molar-refractivity contribution in [2.45, 2.75) is 23.9 Å². The van der Waals surface area contributed by atoms with Gasteiger partial charge >= 0.3 is 0 Å². The molecule has 38 heavy (non-hydrogen) atoms. The highest BCUT2D eigenvalue weighted by Gasteiger charge is 2.22. The molecule has 0 bridgehead atoms. The van der Waals surface area contributed by atoms with Crippen molar-refractivity contribution in [3.63, 3.8) is 0 Å². The summed E-state index contributed by atoms with van der Waals surface area (Å²) >= 11 is 1.53. The number of amides is 2. The first-order valence-corrected chi connectivity index (χ1v) is 13.3. The van der Waals surface area contributed by atoms with Crippen molar-refractivity contribution in [2.24, 2.45) is 0 Å². The molecule has 0 aliphatic rings. The predicted octanol–water partition coefficient (Wildman–Crippen LogP) is 3.92. The maximum absolute atomic E-state index is 13.2. The zero-order chi connectivity index (χ0) is 26.2. The number of nitrogens with zero attached hydrogens (tertiary/aromatic N) is 4. The van der Waals surface area contributed by atoms with Crippen LogP contribution in [0.4, 0.5) is 0 Å². The highest BCUT2D eigenvalue weighted by Crippen LogP contribution is 2.21. The second-order valence-electron chi connectivity index (χ2n) is 8.65. The lowest BCUT2D eigenvalue weighted by atomic mass is 10.1. The van der Waals surface area contributed by atoms with Gasteiger partial charge in [0.15, 0.2) is 0 Å². The van der Waals surface area contributed by atoms with E-state index in [1.807, 2.05) is 53.2 Å². The lowest BCUT2D eigenvalue weighted by Gasteiger charge is -2.18. The van der Waals surface area contributed by atoms with E-state index in [1.165, 1.54) is 11.8 Å². The van der Waals surface area contributed by atoms with Gasteiger partial charge in [0.1, 0.15) is 11.9 Å². The minimum Gasteiger partial charge on any atom is -0.354 e. The van der Waals surface area contributed by atoms with Gasteiger partial charge in [0.05, 0.1) is 17.4 Å². The van der Waals surface area contributed by atoms with Crippen LogP contribution in [0.25, 0.3) is 22.4 Å². The standard InChI is InChI=1S/C28H27N7O2S/c36-27(21-7-8-23-24(17-21)33-26(32-23)20-9-12-29-13-10-20)34-25(18-38-22-5-2-1-3-6-22)28(37)31-11-4-15-35-16-14-30-19-35/h1-3,5-10,12-14,16-17,19,25H,4,11,15,18H2,(H,31,37)(H,32,33)(H,34,36)/t25-/m0/s1. The number of carbonyl (C=O) groups excluding carboxylic acids is 2. The average Bonchev–Trinajstić information content (AvgIpc) is 3.64. The summed E-state index contributed by atoms with van der Waals surface area (Å²) in [5.74, 6) is 0.572. The van der Waals surface area contributed by atoms with Gasteiger partial charge in [-0.1, -0.05) is 18.2 Å². The lowest BCUT2D eigenvalue weighted by molar-refractivity contribution is -0.122. The Hall–Kier alpha value is -4.44. The molecule has 0 radical (unpaired) electrons. The van der Waals surface area contributed by atoms with Crippen molar-refractivity contribution in [1.29, 1.82) is 0 Å². The highest BCUT2D eigenvalue weighted by molar-refractivity contribution is 7.99. The Kier molecular flexibility index (Phi) is 8.10. The Morgan fingerprint density at radius 1 is 1.00 bits per heavy atom. The zero-order valence-corrected chi connectivity index (χ0v) is 21.4. The smallest absolute Gasteiger partial charge is 0.252 e. The van der Waals surface area contributed by atoms with Gasteiger partial charge in [-0.15, -0.1) is 11.8 Å². The fourth-order valence-electron chi connectivity index (χ4n) is 3.93. The minimum absolute atomic E-state index is 0.213. The second kappa shape index (κ2) is 12.2. The number of rotatable bonds is 11. The number of hydrogen-bond donors (Lipinski definition) is 3. The largest absolute Gasteiger partial charge is 0.354 e. The van der Waals surface area contributed by atoms with Crippen molar-refractivity contribution in [1.82, 2.24) is 35.1 Å². The Balaban J connectivity index is 1.26. The first-order valence-electron chi connectivity index (χ1n) is 12.3. The minimum atomic E-state index is -0.703. The van der Waals surface area contributed by atoms with Gasteiger partial charge < -0.3 is 20.2 Å². The molecule has 9 nitrogen and oxygen atoms in total. The zero-order valence-electron chi connectivity index (χ0n) is 20.6. The number of hydrogen-bond acceptors (Lipinski definition) is 6. The summed E-state index contributed by atoms with van der Waals surface area (Å²) in [5, 5.41) is 5.90. The van der Waals surface area contributed by atoms with E-state index in [4.69, 9.17) is 0 Å². The van der Waals surface area contributed by atoms with Crippen LogP contribution in [0.5, 0.6) is 0 Å². The Morgan fingerprint density at radius 2 is 1.84 bits per heavy atom. The van der Waals surface area contributed by atoms with E-state index in [0.717, 1.165) is 34.5 Å². The second-order valence-corrected chi connectivity index (χ2v) is 9.74. The first-order chi connectivity index (χ1) is 18.7. The van der Waals surface area contributed by atoms with Crippen LogP contribution in [0.3, 0.4) is 0 Å². The van der Waals surface area contributed by atoms with E-state index in [1.54, 1.807) is 43.1 Å². The van der Waals surface area contributed by atoms with Gasteiger partial charge in [0, 0.05) is 59.7 Å². The monoisotopic (exact) mass is 525 g/mol. The van der Waals surface area contributed by atoms with E-state index >= 15 is 0 Å². The molecule has 2 aromatic carbocycles. The van der Waals surface area contributed by atoms with Crippen molar-refractivity contribution in [3.8, 4) is 11.4 Å². The Morgan fingerprint density at radius 3 is 2.63 bits per heavy atom. The molecule has 0 fully saturated rings. The van der Waals surface area contributed by atoms with Gasteiger partial charge in [-0.3, -0.25) is 14.6 Å². The SMILES string of the molecule is O=C(N[C@@H](CSc1ccccc1)C(=O)NCCCn1ccnc1)c1ccc2nc(-c3ccncc3)[nH]c2c1. The van der Waals surface area contributed by atoms with Gasteiger partial charge in [0.25, 0.3) is 5.91 Å². The number of H-pyrrole nitrogens is 1. The summed E-state index contributed by atoms with van der Waals surface area (Å²) in [6, 6.07) is 18.1. The molecule has 0 saturated heterocycles.